The van der Waals surface area contributed by atoms with Crippen LogP contribution in [0.4, 0.5) is 0 Å². The maximum atomic E-state index is 9.80. The van der Waals surface area contributed by atoms with Gasteiger partial charge in [0.15, 0.2) is 0 Å². The second kappa shape index (κ2) is 8.23. The van der Waals surface area contributed by atoms with Gasteiger partial charge in [-0.2, -0.15) is 0 Å². The topological polar surface area (TPSA) is 41.5 Å². The van der Waals surface area contributed by atoms with Crippen molar-refractivity contribution in [3.05, 3.63) is 0 Å². The molecule has 0 aromatic heterocycles. The second-order valence-electron chi connectivity index (χ2n) is 6.59. The molecular formula is C16H31NO2. The Morgan fingerprint density at radius 2 is 1.68 bits per heavy atom. The molecular weight excluding hydrogens is 238 g/mol. The molecule has 0 spiro atoms. The molecule has 112 valence electrons. The molecule has 0 amide bonds. The molecule has 2 N–H and O–H groups in total. The van der Waals surface area contributed by atoms with Gasteiger partial charge in [-0.15, -0.1) is 0 Å². The Hall–Kier alpha value is -0.120. The third kappa shape index (κ3) is 6.24. The second-order valence-corrected chi connectivity index (χ2v) is 6.59. The molecule has 1 atom stereocenters. The van der Waals surface area contributed by atoms with E-state index in [9.17, 15) is 5.11 Å². The standard InChI is InChI=1S/C16H31NO2/c1-2-13-3-5-14(6-4-13)9-17-10-16(18)12-19-11-15-7-8-15/h13-18H,2-12H2,1H3. The number of ether oxygens (including phenoxy) is 1. The fourth-order valence-corrected chi connectivity index (χ4v) is 3.01. The lowest BCUT2D eigenvalue weighted by molar-refractivity contribution is 0.0319. The van der Waals surface area contributed by atoms with Crippen LogP contribution in [0.5, 0.6) is 0 Å². The molecule has 0 saturated heterocycles. The van der Waals surface area contributed by atoms with Gasteiger partial charge >= 0.3 is 0 Å². The lowest BCUT2D eigenvalue weighted by Crippen LogP contribution is -2.34. The van der Waals surface area contributed by atoms with Gasteiger partial charge < -0.3 is 15.2 Å². The molecule has 0 radical (unpaired) electrons. The predicted octanol–water partition coefficient (Wildman–Crippen LogP) is 2.58. The molecule has 0 heterocycles. The van der Waals surface area contributed by atoms with Crippen LogP contribution in [-0.2, 0) is 4.74 Å². The first-order valence-electron chi connectivity index (χ1n) is 8.24. The van der Waals surface area contributed by atoms with Gasteiger partial charge in [0.2, 0.25) is 0 Å². The van der Waals surface area contributed by atoms with Crippen molar-refractivity contribution in [2.24, 2.45) is 17.8 Å². The van der Waals surface area contributed by atoms with Gasteiger partial charge in [-0.1, -0.05) is 26.2 Å². The molecule has 2 saturated carbocycles. The highest BCUT2D eigenvalue weighted by molar-refractivity contribution is 4.74. The third-order valence-corrected chi connectivity index (χ3v) is 4.72. The minimum absolute atomic E-state index is 0.342. The highest BCUT2D eigenvalue weighted by Gasteiger charge is 2.22. The summed E-state index contributed by atoms with van der Waals surface area (Å²) < 4.78 is 5.50. The average molecular weight is 269 g/mol. The first-order valence-corrected chi connectivity index (χ1v) is 8.24. The zero-order valence-electron chi connectivity index (χ0n) is 12.4. The fraction of sp³-hybridized carbons (Fsp3) is 1.00. The SMILES string of the molecule is CCC1CCC(CNCC(O)COCC2CC2)CC1. The van der Waals surface area contributed by atoms with Crippen molar-refractivity contribution in [2.45, 2.75) is 58.0 Å². The number of hydrogen-bond donors (Lipinski definition) is 2. The summed E-state index contributed by atoms with van der Waals surface area (Å²) in [5.74, 6) is 2.58. The van der Waals surface area contributed by atoms with Gasteiger partial charge in [-0.05, 0) is 50.0 Å². The van der Waals surface area contributed by atoms with E-state index < -0.39 is 0 Å². The molecule has 0 aromatic carbocycles. The molecule has 1 unspecified atom stereocenters. The van der Waals surface area contributed by atoms with Gasteiger partial charge in [0.25, 0.3) is 0 Å². The van der Waals surface area contributed by atoms with Crippen molar-refractivity contribution < 1.29 is 9.84 Å². The molecule has 0 aliphatic heterocycles. The van der Waals surface area contributed by atoms with Gasteiger partial charge in [0.05, 0.1) is 12.7 Å². The normalized spacial score (nSPS) is 29.4. The number of aliphatic hydroxyl groups excluding tert-OH is 1. The molecule has 2 fully saturated rings. The predicted molar refractivity (Wildman–Crippen MR) is 78.2 cm³/mol. The largest absolute Gasteiger partial charge is 0.389 e. The van der Waals surface area contributed by atoms with Crippen LogP contribution in [0.3, 0.4) is 0 Å². The molecule has 0 aromatic rings. The molecule has 19 heavy (non-hydrogen) atoms. The molecule has 2 rings (SSSR count). The Kier molecular flexibility index (Phi) is 6.62. The van der Waals surface area contributed by atoms with E-state index >= 15 is 0 Å². The highest BCUT2D eigenvalue weighted by atomic mass is 16.5. The first kappa shape index (κ1) is 15.3. The Bertz CT molecular complexity index is 235. The van der Waals surface area contributed by atoms with Crippen molar-refractivity contribution in [1.29, 1.82) is 0 Å². The van der Waals surface area contributed by atoms with Crippen molar-refractivity contribution in [3.8, 4) is 0 Å². The van der Waals surface area contributed by atoms with E-state index in [1.54, 1.807) is 0 Å². The van der Waals surface area contributed by atoms with Crippen molar-refractivity contribution in [3.63, 3.8) is 0 Å². The number of nitrogens with one attached hydrogen (secondary N) is 1. The van der Waals surface area contributed by atoms with E-state index in [-0.39, 0.29) is 6.10 Å². The Balaban J connectivity index is 1.44. The summed E-state index contributed by atoms with van der Waals surface area (Å²) in [5, 5.41) is 13.2. The number of hydrogen-bond acceptors (Lipinski definition) is 3. The quantitative estimate of drug-likeness (QED) is 0.676. The van der Waals surface area contributed by atoms with Gasteiger partial charge in [-0.3, -0.25) is 0 Å². The highest BCUT2D eigenvalue weighted by Crippen LogP contribution is 2.30. The lowest BCUT2D eigenvalue weighted by Gasteiger charge is -2.28. The van der Waals surface area contributed by atoms with Crippen molar-refractivity contribution in [1.82, 2.24) is 5.32 Å². The number of rotatable bonds is 9. The van der Waals surface area contributed by atoms with E-state index in [2.05, 4.69) is 12.2 Å². The smallest absolute Gasteiger partial charge is 0.0897 e. The molecule has 3 heteroatoms. The van der Waals surface area contributed by atoms with Crippen LogP contribution in [0.1, 0.15) is 51.9 Å². The zero-order valence-corrected chi connectivity index (χ0v) is 12.4. The van der Waals surface area contributed by atoms with E-state index in [0.29, 0.717) is 13.2 Å². The van der Waals surface area contributed by atoms with E-state index in [1.165, 1.54) is 44.9 Å². The Morgan fingerprint density at radius 1 is 1.05 bits per heavy atom. The van der Waals surface area contributed by atoms with Crippen LogP contribution in [0.2, 0.25) is 0 Å². The van der Waals surface area contributed by atoms with Crippen molar-refractivity contribution >= 4 is 0 Å². The molecule has 0 bridgehead atoms. The Morgan fingerprint density at radius 3 is 2.32 bits per heavy atom. The van der Waals surface area contributed by atoms with Crippen molar-refractivity contribution in [2.75, 3.05) is 26.3 Å². The minimum Gasteiger partial charge on any atom is -0.389 e. The summed E-state index contributed by atoms with van der Waals surface area (Å²) in [6.45, 7) is 5.39. The summed E-state index contributed by atoms with van der Waals surface area (Å²) in [4.78, 5) is 0. The molecule has 2 aliphatic carbocycles. The lowest BCUT2D eigenvalue weighted by atomic mass is 9.81. The zero-order chi connectivity index (χ0) is 13.5. The third-order valence-electron chi connectivity index (χ3n) is 4.72. The van der Waals surface area contributed by atoms with E-state index in [4.69, 9.17) is 4.74 Å². The first-order chi connectivity index (χ1) is 9.28. The summed E-state index contributed by atoms with van der Waals surface area (Å²) in [6.07, 6.45) is 9.15. The van der Waals surface area contributed by atoms with E-state index in [1.807, 2.05) is 0 Å². The molecule has 2 aliphatic rings. The average Bonchev–Trinajstić information content (AvgIpc) is 3.24. The van der Waals surface area contributed by atoms with Crippen LogP contribution < -0.4 is 5.32 Å². The van der Waals surface area contributed by atoms with Crippen LogP contribution in [-0.4, -0.2) is 37.5 Å². The van der Waals surface area contributed by atoms with E-state index in [0.717, 1.165) is 30.9 Å². The summed E-state index contributed by atoms with van der Waals surface area (Å²) >= 11 is 0. The van der Waals surface area contributed by atoms with Crippen LogP contribution in [0.25, 0.3) is 0 Å². The maximum absolute atomic E-state index is 9.80. The van der Waals surface area contributed by atoms with Crippen LogP contribution in [0, 0.1) is 17.8 Å². The maximum Gasteiger partial charge on any atom is 0.0897 e. The number of aliphatic hydroxyl groups is 1. The minimum atomic E-state index is -0.342. The summed E-state index contributed by atoms with van der Waals surface area (Å²) in [6, 6.07) is 0. The summed E-state index contributed by atoms with van der Waals surface area (Å²) in [7, 11) is 0. The van der Waals surface area contributed by atoms with Gasteiger partial charge in [0, 0.05) is 13.2 Å². The molecule has 3 nitrogen and oxygen atoms in total. The van der Waals surface area contributed by atoms with Gasteiger partial charge in [-0.25, -0.2) is 0 Å². The summed E-state index contributed by atoms with van der Waals surface area (Å²) in [5.41, 5.74) is 0. The fourth-order valence-electron chi connectivity index (χ4n) is 3.01. The van der Waals surface area contributed by atoms with Crippen LogP contribution >= 0.6 is 0 Å². The van der Waals surface area contributed by atoms with Gasteiger partial charge in [0.1, 0.15) is 0 Å². The van der Waals surface area contributed by atoms with Crippen LogP contribution in [0.15, 0.2) is 0 Å². The Labute approximate surface area is 118 Å². The monoisotopic (exact) mass is 269 g/mol.